The van der Waals surface area contributed by atoms with Crippen LogP contribution >= 0.6 is 11.8 Å². The Kier molecular flexibility index (Phi) is 3.83. The molecule has 0 spiro atoms. The number of rotatable bonds is 4. The summed E-state index contributed by atoms with van der Waals surface area (Å²) in [6.07, 6.45) is 3.76. The minimum Gasteiger partial charge on any atom is -0.329 e. The topological polar surface area (TPSA) is 63.4 Å². The van der Waals surface area contributed by atoms with Gasteiger partial charge in [-0.05, 0) is 18.8 Å². The highest BCUT2D eigenvalue weighted by atomic mass is 32.2. The van der Waals surface area contributed by atoms with Crippen LogP contribution in [0.5, 0.6) is 0 Å². The molecule has 2 aliphatic rings. The zero-order chi connectivity index (χ0) is 11.8. The lowest BCUT2D eigenvalue weighted by molar-refractivity contribution is 0.177. The maximum Gasteiger partial charge on any atom is 0.164 e. The summed E-state index contributed by atoms with van der Waals surface area (Å²) in [4.78, 5) is 2.14. The summed E-state index contributed by atoms with van der Waals surface area (Å²) in [5.74, 6) is 2.36. The summed E-state index contributed by atoms with van der Waals surface area (Å²) in [5.41, 5.74) is 5.81. The van der Waals surface area contributed by atoms with Crippen molar-refractivity contribution in [3.63, 3.8) is 0 Å². The fourth-order valence-electron chi connectivity index (χ4n) is 2.42. The van der Waals surface area contributed by atoms with E-state index in [1.807, 2.05) is 0 Å². The lowest BCUT2D eigenvalue weighted by atomic mass is 10.1. The second kappa shape index (κ2) is 4.84. The number of nitrogens with zero attached hydrogens (tertiary/aromatic N) is 1. The van der Waals surface area contributed by atoms with Gasteiger partial charge in [-0.2, -0.15) is 11.8 Å². The molecule has 0 aromatic carbocycles. The zero-order valence-corrected chi connectivity index (χ0v) is 11.3. The van der Waals surface area contributed by atoms with Crippen LogP contribution in [-0.4, -0.2) is 55.6 Å². The SMILES string of the molecule is CS(=O)(=O)C1CSCCN1C(CN)C1CC1. The quantitative estimate of drug-likeness (QED) is 0.783. The van der Waals surface area contributed by atoms with Crippen molar-refractivity contribution < 1.29 is 8.42 Å². The third kappa shape index (κ3) is 2.72. The molecule has 2 unspecified atom stereocenters. The third-order valence-corrected chi connectivity index (χ3v) is 6.11. The summed E-state index contributed by atoms with van der Waals surface area (Å²) in [5, 5.41) is -0.319. The summed E-state index contributed by atoms with van der Waals surface area (Å²) in [7, 11) is -2.99. The van der Waals surface area contributed by atoms with E-state index in [0.717, 1.165) is 12.3 Å². The smallest absolute Gasteiger partial charge is 0.164 e. The van der Waals surface area contributed by atoms with Crippen LogP contribution in [0.4, 0.5) is 0 Å². The Bertz CT molecular complexity index is 341. The van der Waals surface area contributed by atoms with Crippen molar-refractivity contribution in [3.8, 4) is 0 Å². The van der Waals surface area contributed by atoms with Crippen molar-refractivity contribution in [2.45, 2.75) is 24.3 Å². The first-order valence-electron chi connectivity index (χ1n) is 5.76. The maximum absolute atomic E-state index is 11.8. The average molecular weight is 264 g/mol. The van der Waals surface area contributed by atoms with Gasteiger partial charge < -0.3 is 5.73 Å². The third-order valence-electron chi connectivity index (χ3n) is 3.45. The second-order valence-corrected chi connectivity index (χ2v) is 8.09. The van der Waals surface area contributed by atoms with Gasteiger partial charge >= 0.3 is 0 Å². The van der Waals surface area contributed by atoms with E-state index in [0.29, 0.717) is 18.2 Å². The van der Waals surface area contributed by atoms with Gasteiger partial charge in [-0.25, -0.2) is 8.42 Å². The number of sulfone groups is 1. The first-order valence-corrected chi connectivity index (χ1v) is 8.87. The zero-order valence-electron chi connectivity index (χ0n) is 9.63. The van der Waals surface area contributed by atoms with Crippen molar-refractivity contribution in [3.05, 3.63) is 0 Å². The van der Waals surface area contributed by atoms with E-state index in [2.05, 4.69) is 4.90 Å². The Morgan fingerprint density at radius 1 is 1.50 bits per heavy atom. The normalized spacial score (nSPS) is 30.2. The highest BCUT2D eigenvalue weighted by Gasteiger charge is 2.41. The van der Waals surface area contributed by atoms with Gasteiger partial charge in [0.15, 0.2) is 9.84 Å². The molecule has 0 bridgehead atoms. The number of hydrogen-bond donors (Lipinski definition) is 1. The van der Waals surface area contributed by atoms with Crippen LogP contribution in [0.25, 0.3) is 0 Å². The molecule has 0 radical (unpaired) electrons. The van der Waals surface area contributed by atoms with Crippen LogP contribution in [0.2, 0.25) is 0 Å². The predicted octanol–water partition coefficient (Wildman–Crippen LogP) is 0.143. The van der Waals surface area contributed by atoms with Crippen LogP contribution in [0.1, 0.15) is 12.8 Å². The van der Waals surface area contributed by atoms with Gasteiger partial charge in [-0.15, -0.1) is 0 Å². The molecular formula is C10H20N2O2S2. The maximum atomic E-state index is 11.8. The predicted molar refractivity (Wildman–Crippen MR) is 68.2 cm³/mol. The molecule has 2 rings (SSSR count). The van der Waals surface area contributed by atoms with Crippen molar-refractivity contribution in [2.24, 2.45) is 11.7 Å². The van der Waals surface area contributed by atoms with Gasteiger partial charge in [-0.1, -0.05) is 0 Å². The van der Waals surface area contributed by atoms with Crippen molar-refractivity contribution >= 4 is 21.6 Å². The van der Waals surface area contributed by atoms with Gasteiger partial charge in [0.05, 0.1) is 0 Å². The highest BCUT2D eigenvalue weighted by molar-refractivity contribution is 8.00. The van der Waals surface area contributed by atoms with Gasteiger partial charge in [0, 0.05) is 36.9 Å². The summed E-state index contributed by atoms with van der Waals surface area (Å²) in [6, 6.07) is 0.278. The minimum absolute atomic E-state index is 0.278. The van der Waals surface area contributed by atoms with Gasteiger partial charge in [0.25, 0.3) is 0 Å². The fraction of sp³-hybridized carbons (Fsp3) is 1.00. The largest absolute Gasteiger partial charge is 0.329 e. The van der Waals surface area contributed by atoms with E-state index in [9.17, 15) is 8.42 Å². The van der Waals surface area contributed by atoms with Gasteiger partial charge in [-0.3, -0.25) is 4.90 Å². The van der Waals surface area contributed by atoms with Crippen LogP contribution in [-0.2, 0) is 9.84 Å². The molecule has 94 valence electrons. The molecule has 1 saturated carbocycles. The van der Waals surface area contributed by atoms with Crippen molar-refractivity contribution in [2.75, 3.05) is 30.9 Å². The fourth-order valence-corrected chi connectivity index (χ4v) is 5.35. The highest BCUT2D eigenvalue weighted by Crippen LogP contribution is 2.37. The lowest BCUT2D eigenvalue weighted by Crippen LogP contribution is -2.54. The first kappa shape index (κ1) is 12.7. The Morgan fingerprint density at radius 3 is 2.69 bits per heavy atom. The summed E-state index contributed by atoms with van der Waals surface area (Å²) in [6.45, 7) is 1.45. The summed E-state index contributed by atoms with van der Waals surface area (Å²) >= 11 is 1.73. The molecule has 6 heteroatoms. The average Bonchev–Trinajstić information content (AvgIpc) is 3.02. The van der Waals surface area contributed by atoms with E-state index in [4.69, 9.17) is 5.73 Å². The van der Waals surface area contributed by atoms with E-state index < -0.39 is 9.84 Å². The lowest BCUT2D eigenvalue weighted by Gasteiger charge is -2.39. The van der Waals surface area contributed by atoms with Crippen molar-refractivity contribution in [1.82, 2.24) is 4.90 Å². The minimum atomic E-state index is -2.99. The van der Waals surface area contributed by atoms with Crippen LogP contribution in [0.15, 0.2) is 0 Å². The molecular weight excluding hydrogens is 244 g/mol. The Labute approximate surface area is 102 Å². The van der Waals surface area contributed by atoms with Crippen LogP contribution in [0, 0.1) is 5.92 Å². The molecule has 2 fully saturated rings. The molecule has 16 heavy (non-hydrogen) atoms. The molecule has 1 saturated heterocycles. The Morgan fingerprint density at radius 2 is 2.19 bits per heavy atom. The van der Waals surface area contributed by atoms with Gasteiger partial charge in [0.1, 0.15) is 5.37 Å². The standard InChI is InChI=1S/C10H20N2O2S2/c1-16(13,14)10-7-15-5-4-12(10)9(6-11)8-2-3-8/h8-10H,2-7,11H2,1H3. The molecule has 0 aromatic rings. The molecule has 0 amide bonds. The molecule has 4 nitrogen and oxygen atoms in total. The second-order valence-electron chi connectivity index (χ2n) is 4.74. The van der Waals surface area contributed by atoms with Gasteiger partial charge in [0.2, 0.25) is 0 Å². The van der Waals surface area contributed by atoms with E-state index in [-0.39, 0.29) is 11.4 Å². The number of nitrogens with two attached hydrogens (primary N) is 1. The Balaban J connectivity index is 2.14. The Hall–Kier alpha value is 0.220. The molecule has 2 atom stereocenters. The number of thioether (sulfide) groups is 1. The molecule has 1 aliphatic heterocycles. The summed E-state index contributed by atoms with van der Waals surface area (Å²) < 4.78 is 23.5. The molecule has 1 aliphatic carbocycles. The van der Waals surface area contributed by atoms with E-state index in [1.54, 1.807) is 11.8 Å². The molecule has 0 aromatic heterocycles. The monoisotopic (exact) mass is 264 g/mol. The van der Waals surface area contributed by atoms with E-state index >= 15 is 0 Å². The molecule has 2 N–H and O–H groups in total. The first-order chi connectivity index (χ1) is 7.54. The van der Waals surface area contributed by atoms with Crippen LogP contribution in [0.3, 0.4) is 0 Å². The van der Waals surface area contributed by atoms with Crippen molar-refractivity contribution in [1.29, 1.82) is 0 Å². The number of hydrogen-bond acceptors (Lipinski definition) is 5. The van der Waals surface area contributed by atoms with Crippen LogP contribution < -0.4 is 5.73 Å². The molecule has 1 heterocycles. The van der Waals surface area contributed by atoms with E-state index in [1.165, 1.54) is 19.1 Å².